The summed E-state index contributed by atoms with van der Waals surface area (Å²) in [5.41, 5.74) is 1.92. The van der Waals surface area contributed by atoms with Crippen molar-refractivity contribution in [1.82, 2.24) is 5.06 Å². The molecule has 1 saturated heterocycles. The summed E-state index contributed by atoms with van der Waals surface area (Å²) in [6.45, 7) is 9.04. The van der Waals surface area contributed by atoms with Gasteiger partial charge in [-0.2, -0.15) is 10.3 Å². The highest BCUT2D eigenvalue weighted by atomic mass is 16.7. The standard InChI is InChI=1S/C19H26N2O/c1-13-10-19(4,15-9-7-6-8-14(15)12-20)11-16-17(13)21(5)22-18(16,2)3/h6-9,13,16-17H,10-11H2,1-5H3/t13-,16-,17-,19-/m1/s1. The lowest BCUT2D eigenvalue weighted by molar-refractivity contribution is -0.182. The normalized spacial score (nSPS) is 37.5. The average Bonchev–Trinajstić information content (AvgIpc) is 2.68. The summed E-state index contributed by atoms with van der Waals surface area (Å²) >= 11 is 0. The number of rotatable bonds is 1. The summed E-state index contributed by atoms with van der Waals surface area (Å²) in [7, 11) is 2.06. The van der Waals surface area contributed by atoms with E-state index >= 15 is 0 Å². The van der Waals surface area contributed by atoms with Crippen molar-refractivity contribution >= 4 is 0 Å². The predicted octanol–water partition coefficient (Wildman–Crippen LogP) is 3.89. The molecule has 1 aliphatic heterocycles. The van der Waals surface area contributed by atoms with Crippen molar-refractivity contribution in [3.8, 4) is 6.07 Å². The second kappa shape index (κ2) is 5.08. The van der Waals surface area contributed by atoms with Crippen molar-refractivity contribution < 1.29 is 4.84 Å². The Hall–Kier alpha value is -1.37. The number of hydrogen-bond donors (Lipinski definition) is 0. The van der Waals surface area contributed by atoms with Crippen molar-refractivity contribution in [2.75, 3.05) is 7.05 Å². The van der Waals surface area contributed by atoms with E-state index in [4.69, 9.17) is 4.84 Å². The van der Waals surface area contributed by atoms with Crippen LogP contribution in [0.1, 0.15) is 51.7 Å². The van der Waals surface area contributed by atoms with Crippen LogP contribution in [0.3, 0.4) is 0 Å². The fourth-order valence-electron chi connectivity index (χ4n) is 5.01. The predicted molar refractivity (Wildman–Crippen MR) is 87.1 cm³/mol. The zero-order chi connectivity index (χ0) is 16.1. The third-order valence-corrected chi connectivity index (χ3v) is 5.83. The maximum atomic E-state index is 9.48. The molecule has 1 saturated carbocycles. The summed E-state index contributed by atoms with van der Waals surface area (Å²) < 4.78 is 0. The van der Waals surface area contributed by atoms with Crippen LogP contribution in [0, 0.1) is 23.2 Å². The van der Waals surface area contributed by atoms with Crippen LogP contribution in [0.4, 0.5) is 0 Å². The lowest BCUT2D eigenvalue weighted by Crippen LogP contribution is -2.48. The molecule has 3 nitrogen and oxygen atoms in total. The molecule has 0 radical (unpaired) electrons. The van der Waals surface area contributed by atoms with Crippen LogP contribution in [0.2, 0.25) is 0 Å². The first-order valence-electron chi connectivity index (χ1n) is 8.20. The molecule has 0 N–H and O–H groups in total. The van der Waals surface area contributed by atoms with E-state index in [1.165, 1.54) is 5.56 Å². The van der Waals surface area contributed by atoms with Crippen molar-refractivity contribution in [2.45, 2.75) is 57.6 Å². The number of nitrogens with zero attached hydrogens (tertiary/aromatic N) is 2. The van der Waals surface area contributed by atoms with Gasteiger partial charge in [-0.05, 0) is 49.7 Å². The van der Waals surface area contributed by atoms with Crippen LogP contribution in [0.5, 0.6) is 0 Å². The molecule has 3 heteroatoms. The molecule has 2 aliphatic rings. The largest absolute Gasteiger partial charge is 0.293 e. The van der Waals surface area contributed by atoms with Gasteiger partial charge in [0.15, 0.2) is 0 Å². The molecule has 1 heterocycles. The molecule has 2 fully saturated rings. The van der Waals surface area contributed by atoms with Crippen molar-refractivity contribution in [3.05, 3.63) is 35.4 Å². The molecule has 3 rings (SSSR count). The van der Waals surface area contributed by atoms with Crippen LogP contribution < -0.4 is 0 Å². The van der Waals surface area contributed by atoms with Gasteiger partial charge in [-0.25, -0.2) is 0 Å². The Bertz CT molecular complexity index is 618. The quantitative estimate of drug-likeness (QED) is 0.789. The number of benzene rings is 1. The zero-order valence-electron chi connectivity index (χ0n) is 14.3. The van der Waals surface area contributed by atoms with E-state index in [9.17, 15) is 5.26 Å². The minimum Gasteiger partial charge on any atom is -0.293 e. The molecule has 0 unspecified atom stereocenters. The Labute approximate surface area is 133 Å². The topological polar surface area (TPSA) is 36.3 Å². The van der Waals surface area contributed by atoms with Crippen LogP contribution >= 0.6 is 0 Å². The van der Waals surface area contributed by atoms with Crippen LogP contribution in [0.25, 0.3) is 0 Å². The minimum atomic E-state index is -0.142. The van der Waals surface area contributed by atoms with Gasteiger partial charge < -0.3 is 0 Å². The van der Waals surface area contributed by atoms with Crippen LogP contribution in [-0.4, -0.2) is 23.8 Å². The molecule has 22 heavy (non-hydrogen) atoms. The number of hydroxylamine groups is 2. The summed E-state index contributed by atoms with van der Waals surface area (Å²) in [4.78, 5) is 6.12. The van der Waals surface area contributed by atoms with Gasteiger partial charge in [0.05, 0.1) is 17.2 Å². The molecular formula is C19H26N2O. The van der Waals surface area contributed by atoms with Gasteiger partial charge in [0.1, 0.15) is 0 Å². The van der Waals surface area contributed by atoms with Gasteiger partial charge in [0.2, 0.25) is 0 Å². The summed E-state index contributed by atoms with van der Waals surface area (Å²) in [5, 5.41) is 11.6. The van der Waals surface area contributed by atoms with Gasteiger partial charge in [0, 0.05) is 19.0 Å². The molecule has 1 aliphatic carbocycles. The van der Waals surface area contributed by atoms with Crippen molar-refractivity contribution in [3.63, 3.8) is 0 Å². The van der Waals surface area contributed by atoms with Crippen molar-refractivity contribution in [1.29, 1.82) is 5.26 Å². The first kappa shape index (κ1) is 15.5. The highest BCUT2D eigenvalue weighted by molar-refractivity contribution is 5.42. The van der Waals surface area contributed by atoms with Gasteiger partial charge >= 0.3 is 0 Å². The summed E-state index contributed by atoms with van der Waals surface area (Å²) in [5.74, 6) is 1.03. The minimum absolute atomic E-state index is 0.0404. The van der Waals surface area contributed by atoms with Gasteiger partial charge in [-0.15, -0.1) is 0 Å². The van der Waals surface area contributed by atoms with Crippen LogP contribution in [-0.2, 0) is 10.3 Å². The van der Waals surface area contributed by atoms with E-state index in [-0.39, 0.29) is 11.0 Å². The molecule has 118 valence electrons. The Morgan fingerprint density at radius 1 is 1.23 bits per heavy atom. The zero-order valence-corrected chi connectivity index (χ0v) is 14.3. The van der Waals surface area contributed by atoms with Crippen LogP contribution in [0.15, 0.2) is 24.3 Å². The Balaban J connectivity index is 2.02. The fourth-order valence-corrected chi connectivity index (χ4v) is 5.01. The molecule has 1 aromatic carbocycles. The van der Waals surface area contributed by atoms with E-state index in [1.54, 1.807) is 0 Å². The lowest BCUT2D eigenvalue weighted by atomic mass is 9.58. The molecule has 1 aromatic rings. The van der Waals surface area contributed by atoms with E-state index in [2.05, 4.69) is 58.0 Å². The second-order valence-electron chi connectivity index (χ2n) is 7.94. The average molecular weight is 298 g/mol. The van der Waals surface area contributed by atoms with E-state index in [0.29, 0.717) is 17.9 Å². The second-order valence-corrected chi connectivity index (χ2v) is 7.94. The maximum Gasteiger partial charge on any atom is 0.0994 e. The first-order chi connectivity index (χ1) is 10.3. The fraction of sp³-hybridized carbons (Fsp3) is 0.632. The highest BCUT2D eigenvalue weighted by Gasteiger charge is 2.55. The maximum absolute atomic E-state index is 9.48. The highest BCUT2D eigenvalue weighted by Crippen LogP contribution is 2.53. The Morgan fingerprint density at radius 2 is 1.91 bits per heavy atom. The first-order valence-corrected chi connectivity index (χ1v) is 8.20. The van der Waals surface area contributed by atoms with E-state index < -0.39 is 0 Å². The number of hydrogen-bond acceptors (Lipinski definition) is 3. The van der Waals surface area contributed by atoms with Gasteiger partial charge in [-0.1, -0.05) is 32.0 Å². The number of nitriles is 1. The summed E-state index contributed by atoms with van der Waals surface area (Å²) in [6, 6.07) is 10.9. The summed E-state index contributed by atoms with van der Waals surface area (Å²) in [6.07, 6.45) is 2.16. The molecular weight excluding hydrogens is 272 g/mol. The third-order valence-electron chi connectivity index (χ3n) is 5.83. The Morgan fingerprint density at radius 3 is 2.59 bits per heavy atom. The number of fused-ring (bicyclic) bond motifs is 1. The smallest absolute Gasteiger partial charge is 0.0994 e. The molecule has 0 bridgehead atoms. The van der Waals surface area contributed by atoms with Crippen molar-refractivity contribution in [2.24, 2.45) is 11.8 Å². The van der Waals surface area contributed by atoms with E-state index in [1.807, 2.05) is 12.1 Å². The van der Waals surface area contributed by atoms with E-state index in [0.717, 1.165) is 18.4 Å². The molecule has 0 spiro atoms. The third kappa shape index (κ3) is 2.26. The van der Waals surface area contributed by atoms with Gasteiger partial charge in [0.25, 0.3) is 0 Å². The molecule has 0 amide bonds. The lowest BCUT2D eigenvalue weighted by Gasteiger charge is -2.46. The Kier molecular flexibility index (Phi) is 3.58. The molecule has 4 atom stereocenters. The SMILES string of the molecule is C[C@@H]1C[C@@](C)(c2ccccc2C#N)C[C@@H]2[C@@H]1N(C)OC2(C)C. The monoisotopic (exact) mass is 298 g/mol. The molecule has 0 aromatic heterocycles. The van der Waals surface area contributed by atoms with Gasteiger partial charge in [-0.3, -0.25) is 4.84 Å².